The summed E-state index contributed by atoms with van der Waals surface area (Å²) in [6.07, 6.45) is 1.25. The number of aliphatic hydroxyl groups excluding tert-OH is 1. The summed E-state index contributed by atoms with van der Waals surface area (Å²) in [5.74, 6) is 0. The zero-order valence-corrected chi connectivity index (χ0v) is 12.9. The van der Waals surface area contributed by atoms with Crippen LogP contribution in [-0.4, -0.2) is 5.11 Å². The first kappa shape index (κ1) is 14.3. The first-order valence-electron chi connectivity index (χ1n) is 6.61. The van der Waals surface area contributed by atoms with Gasteiger partial charge in [0.15, 0.2) is 0 Å². The Labute approximate surface area is 123 Å². The van der Waals surface area contributed by atoms with Crippen molar-refractivity contribution in [2.45, 2.75) is 32.8 Å². The Kier molecular flexibility index (Phi) is 4.78. The third-order valence-corrected chi connectivity index (χ3v) is 3.77. The van der Waals surface area contributed by atoms with Gasteiger partial charge in [-0.1, -0.05) is 53.2 Å². The summed E-state index contributed by atoms with van der Waals surface area (Å²) in [5, 5.41) is 10.3. The highest BCUT2D eigenvalue weighted by atomic mass is 79.9. The van der Waals surface area contributed by atoms with Gasteiger partial charge in [-0.3, -0.25) is 0 Å². The Morgan fingerprint density at radius 3 is 2.26 bits per heavy atom. The molecular formula is C17H19BrO. The second-order valence-electron chi connectivity index (χ2n) is 4.95. The van der Waals surface area contributed by atoms with E-state index >= 15 is 0 Å². The summed E-state index contributed by atoms with van der Waals surface area (Å²) < 4.78 is 1.02. The average molecular weight is 319 g/mol. The molecule has 0 aromatic heterocycles. The second kappa shape index (κ2) is 6.36. The van der Waals surface area contributed by atoms with E-state index in [9.17, 15) is 5.11 Å². The van der Waals surface area contributed by atoms with Crippen LogP contribution in [0.25, 0.3) is 0 Å². The summed E-state index contributed by atoms with van der Waals surface area (Å²) in [6.45, 7) is 4.19. The van der Waals surface area contributed by atoms with Crippen molar-refractivity contribution in [1.29, 1.82) is 0 Å². The lowest BCUT2D eigenvalue weighted by Gasteiger charge is -2.13. The maximum atomic E-state index is 10.3. The predicted molar refractivity (Wildman–Crippen MR) is 83.4 cm³/mol. The topological polar surface area (TPSA) is 20.2 Å². The fraction of sp³-hybridized carbons (Fsp3) is 0.294. The fourth-order valence-corrected chi connectivity index (χ4v) is 2.83. The summed E-state index contributed by atoms with van der Waals surface area (Å²) in [5.41, 5.74) is 4.62. The van der Waals surface area contributed by atoms with Gasteiger partial charge in [0.2, 0.25) is 0 Å². The number of aliphatic hydroxyl groups is 1. The van der Waals surface area contributed by atoms with E-state index in [4.69, 9.17) is 0 Å². The molecule has 0 heterocycles. The van der Waals surface area contributed by atoms with E-state index in [-0.39, 0.29) is 0 Å². The van der Waals surface area contributed by atoms with Crippen molar-refractivity contribution in [2.75, 3.05) is 0 Å². The van der Waals surface area contributed by atoms with Crippen molar-refractivity contribution in [3.05, 3.63) is 69.2 Å². The van der Waals surface area contributed by atoms with Crippen LogP contribution in [0.5, 0.6) is 0 Å². The van der Waals surface area contributed by atoms with Gasteiger partial charge in [0.05, 0.1) is 6.10 Å². The van der Waals surface area contributed by atoms with Gasteiger partial charge in [-0.05, 0) is 47.7 Å². The van der Waals surface area contributed by atoms with Gasteiger partial charge in [-0.25, -0.2) is 0 Å². The number of halogens is 1. The zero-order chi connectivity index (χ0) is 13.8. The minimum atomic E-state index is -0.455. The van der Waals surface area contributed by atoms with E-state index in [1.807, 2.05) is 25.1 Å². The minimum absolute atomic E-state index is 0.455. The number of benzene rings is 2. The summed E-state index contributed by atoms with van der Waals surface area (Å²) >= 11 is 3.47. The number of rotatable bonds is 4. The molecule has 0 fully saturated rings. The molecule has 0 spiro atoms. The molecular weight excluding hydrogens is 300 g/mol. The predicted octanol–water partition coefficient (Wildman–Crippen LogP) is 4.60. The second-order valence-corrected chi connectivity index (χ2v) is 5.87. The summed E-state index contributed by atoms with van der Waals surface area (Å²) in [7, 11) is 0. The van der Waals surface area contributed by atoms with Crippen LogP contribution in [-0.2, 0) is 12.8 Å². The Morgan fingerprint density at radius 1 is 1.05 bits per heavy atom. The molecule has 0 aliphatic rings. The highest BCUT2D eigenvalue weighted by Gasteiger charge is 2.09. The van der Waals surface area contributed by atoms with Gasteiger partial charge in [0.25, 0.3) is 0 Å². The first-order chi connectivity index (χ1) is 9.08. The molecule has 2 heteroatoms. The normalized spacial score (nSPS) is 12.4. The van der Waals surface area contributed by atoms with Crippen LogP contribution in [0.3, 0.4) is 0 Å². The molecule has 0 bridgehead atoms. The number of hydrogen-bond donors (Lipinski definition) is 1. The third kappa shape index (κ3) is 3.92. The molecule has 2 aromatic rings. The van der Waals surface area contributed by atoms with Gasteiger partial charge in [0, 0.05) is 10.9 Å². The van der Waals surface area contributed by atoms with E-state index in [0.29, 0.717) is 6.42 Å². The molecule has 0 amide bonds. The smallest absolute Gasteiger partial charge is 0.0830 e. The van der Waals surface area contributed by atoms with E-state index in [1.165, 1.54) is 11.1 Å². The van der Waals surface area contributed by atoms with E-state index in [0.717, 1.165) is 22.0 Å². The maximum absolute atomic E-state index is 10.3. The molecule has 0 radical (unpaired) electrons. The van der Waals surface area contributed by atoms with Crippen molar-refractivity contribution in [2.24, 2.45) is 0 Å². The minimum Gasteiger partial charge on any atom is -0.388 e. The fourth-order valence-electron chi connectivity index (χ4n) is 2.21. The van der Waals surface area contributed by atoms with E-state index < -0.39 is 6.10 Å². The highest BCUT2D eigenvalue weighted by Crippen LogP contribution is 2.23. The lowest BCUT2D eigenvalue weighted by atomic mass is 9.99. The van der Waals surface area contributed by atoms with E-state index in [1.54, 1.807) is 0 Å². The average Bonchev–Trinajstić information content (AvgIpc) is 2.38. The zero-order valence-electron chi connectivity index (χ0n) is 11.4. The van der Waals surface area contributed by atoms with Crippen LogP contribution in [0.15, 0.2) is 46.9 Å². The van der Waals surface area contributed by atoms with Crippen molar-refractivity contribution < 1.29 is 5.11 Å². The van der Waals surface area contributed by atoms with Gasteiger partial charge < -0.3 is 5.11 Å². The largest absolute Gasteiger partial charge is 0.388 e. The van der Waals surface area contributed by atoms with Crippen LogP contribution in [0, 0.1) is 6.92 Å². The standard InChI is InChI=1S/C17H19BrO/c1-3-13-4-6-14(7-5-13)10-17(19)15-8-12(2)9-16(18)11-15/h4-9,11,17,19H,3,10H2,1-2H3. The molecule has 0 saturated carbocycles. The van der Waals surface area contributed by atoms with Crippen molar-refractivity contribution in [1.82, 2.24) is 0 Å². The first-order valence-corrected chi connectivity index (χ1v) is 7.40. The van der Waals surface area contributed by atoms with Gasteiger partial charge in [-0.2, -0.15) is 0 Å². The van der Waals surface area contributed by atoms with Gasteiger partial charge in [0.1, 0.15) is 0 Å². The molecule has 1 nitrogen and oxygen atoms in total. The number of hydrogen-bond acceptors (Lipinski definition) is 1. The summed E-state index contributed by atoms with van der Waals surface area (Å²) in [6, 6.07) is 14.5. The molecule has 1 N–H and O–H groups in total. The van der Waals surface area contributed by atoms with Crippen molar-refractivity contribution >= 4 is 15.9 Å². The lowest BCUT2D eigenvalue weighted by Crippen LogP contribution is -2.02. The van der Waals surface area contributed by atoms with Crippen LogP contribution in [0.4, 0.5) is 0 Å². The molecule has 1 unspecified atom stereocenters. The molecule has 0 aliphatic carbocycles. The molecule has 19 heavy (non-hydrogen) atoms. The Balaban J connectivity index is 2.13. The van der Waals surface area contributed by atoms with Crippen LogP contribution >= 0.6 is 15.9 Å². The van der Waals surface area contributed by atoms with Gasteiger partial charge >= 0.3 is 0 Å². The highest BCUT2D eigenvalue weighted by molar-refractivity contribution is 9.10. The van der Waals surface area contributed by atoms with E-state index in [2.05, 4.69) is 47.1 Å². The van der Waals surface area contributed by atoms with Crippen LogP contribution in [0.1, 0.15) is 35.3 Å². The molecule has 0 saturated heterocycles. The molecule has 2 rings (SSSR count). The lowest BCUT2D eigenvalue weighted by molar-refractivity contribution is 0.178. The molecule has 1 atom stereocenters. The SMILES string of the molecule is CCc1ccc(CC(O)c2cc(C)cc(Br)c2)cc1. The van der Waals surface area contributed by atoms with Crippen molar-refractivity contribution in [3.8, 4) is 0 Å². The summed E-state index contributed by atoms with van der Waals surface area (Å²) in [4.78, 5) is 0. The molecule has 0 aliphatic heterocycles. The molecule has 100 valence electrons. The quantitative estimate of drug-likeness (QED) is 0.873. The Morgan fingerprint density at radius 2 is 1.68 bits per heavy atom. The maximum Gasteiger partial charge on any atom is 0.0830 e. The Bertz CT molecular complexity index is 525. The molecule has 2 aromatic carbocycles. The number of aryl methyl sites for hydroxylation is 2. The third-order valence-electron chi connectivity index (χ3n) is 3.31. The monoisotopic (exact) mass is 318 g/mol. The van der Waals surface area contributed by atoms with Crippen LogP contribution in [0.2, 0.25) is 0 Å². The Hall–Kier alpha value is -1.12. The van der Waals surface area contributed by atoms with Crippen molar-refractivity contribution in [3.63, 3.8) is 0 Å². The van der Waals surface area contributed by atoms with Gasteiger partial charge in [-0.15, -0.1) is 0 Å². The van der Waals surface area contributed by atoms with Crippen LogP contribution < -0.4 is 0 Å².